The molecule has 6 nitrogen and oxygen atoms in total. The molecule has 1 aromatic heterocycles. The number of hydrogen-bond acceptors (Lipinski definition) is 9. The Balaban J connectivity index is 1.71. The molecule has 1 saturated heterocycles. The summed E-state index contributed by atoms with van der Waals surface area (Å²) >= 11 is 9.21. The summed E-state index contributed by atoms with van der Waals surface area (Å²) in [5, 5.41) is 19.2. The zero-order chi connectivity index (χ0) is 16.1. The first kappa shape index (κ1) is 15.0. The largest absolute Gasteiger partial charge is 0.290 e. The predicted octanol–water partition coefficient (Wildman–Crippen LogP) is 2.61. The topological polar surface area (TPSA) is 93.7 Å². The normalized spacial score (nSPS) is 19.8. The van der Waals surface area contributed by atoms with Crippen LogP contribution in [0.2, 0.25) is 0 Å². The fourth-order valence-corrected chi connectivity index (χ4v) is 6.03. The number of thiocarbonyl (C=S) groups is 1. The van der Waals surface area contributed by atoms with E-state index in [0.717, 1.165) is 17.1 Å². The van der Waals surface area contributed by atoms with Crippen LogP contribution in [0.15, 0.2) is 19.2 Å². The number of amides is 1. The van der Waals surface area contributed by atoms with Crippen LogP contribution in [0.5, 0.6) is 0 Å². The molecule has 3 aliphatic rings. The minimum atomic E-state index is -0.0636. The van der Waals surface area contributed by atoms with Crippen molar-refractivity contribution in [3.05, 3.63) is 20.5 Å². The molecule has 0 spiro atoms. The van der Waals surface area contributed by atoms with Crippen LogP contribution in [0, 0.1) is 22.7 Å². The van der Waals surface area contributed by atoms with Gasteiger partial charge >= 0.3 is 0 Å². The van der Waals surface area contributed by atoms with Crippen LogP contribution in [0.25, 0.3) is 0 Å². The minimum absolute atomic E-state index is 0.00568. The van der Waals surface area contributed by atoms with Crippen molar-refractivity contribution >= 4 is 57.7 Å². The zero-order valence-electron chi connectivity index (χ0n) is 11.3. The van der Waals surface area contributed by atoms with Crippen LogP contribution in [-0.2, 0) is 4.79 Å². The number of hydrogen-bond donors (Lipinski definition) is 0. The molecule has 1 aromatic rings. The van der Waals surface area contributed by atoms with E-state index < -0.39 is 0 Å². The zero-order valence-corrected chi connectivity index (χ0v) is 14.5. The van der Waals surface area contributed by atoms with Gasteiger partial charge in [0.15, 0.2) is 11.4 Å². The van der Waals surface area contributed by atoms with E-state index in [0.29, 0.717) is 19.3 Å². The van der Waals surface area contributed by atoms with Crippen molar-refractivity contribution in [3.8, 4) is 12.1 Å². The summed E-state index contributed by atoms with van der Waals surface area (Å²) in [5.74, 6) is -0.0636. The van der Waals surface area contributed by atoms with Gasteiger partial charge in [0.1, 0.15) is 31.4 Å². The highest BCUT2D eigenvalue weighted by molar-refractivity contribution is 8.30. The van der Waals surface area contributed by atoms with Gasteiger partial charge in [-0.15, -0.1) is 0 Å². The van der Waals surface area contributed by atoms with Gasteiger partial charge in [0.05, 0.1) is 4.24 Å². The molecule has 4 rings (SSSR count). The van der Waals surface area contributed by atoms with E-state index >= 15 is 0 Å². The molecule has 3 heterocycles. The molecule has 23 heavy (non-hydrogen) atoms. The van der Waals surface area contributed by atoms with Crippen LogP contribution >= 0.6 is 47.5 Å². The van der Waals surface area contributed by atoms with Gasteiger partial charge in [-0.2, -0.15) is 10.5 Å². The Kier molecular flexibility index (Phi) is 3.58. The molecule has 0 N–H and O–H groups in total. The molecule has 0 unspecified atom stereocenters. The molecule has 0 aromatic carbocycles. The maximum Gasteiger partial charge on any atom is 0.268 e. The standard InChI is InChI=1S/C13H5N5OS4/c14-3-6-7(4-15)17-10-9(16-6)22-12(23-10)8-11(19)18(5-1-2-5)13(20)21-8/h5H,1-2H2. The number of aromatic nitrogens is 2. The number of nitrogens with zero attached hydrogens (tertiary/aromatic N) is 5. The van der Waals surface area contributed by atoms with E-state index in [-0.39, 0.29) is 23.3 Å². The SMILES string of the molecule is N#Cc1nc2c(nc1C#N)SC(=C1SC(=S)N(C3CC3)C1=O)S2. The summed E-state index contributed by atoms with van der Waals surface area (Å²) < 4.78 is 1.35. The Hall–Kier alpha value is -1.59. The molecular formula is C13H5N5OS4. The number of thioether (sulfide) groups is 3. The lowest BCUT2D eigenvalue weighted by atomic mass is 10.3. The fourth-order valence-electron chi connectivity index (χ4n) is 2.13. The van der Waals surface area contributed by atoms with Crippen molar-refractivity contribution in [2.24, 2.45) is 0 Å². The van der Waals surface area contributed by atoms with Crippen LogP contribution in [0.3, 0.4) is 0 Å². The molecule has 0 radical (unpaired) electrons. The molecule has 1 amide bonds. The maximum atomic E-state index is 12.6. The Morgan fingerprint density at radius 2 is 1.65 bits per heavy atom. The molecule has 2 aliphatic heterocycles. The lowest BCUT2D eigenvalue weighted by molar-refractivity contribution is -0.122. The molecular weight excluding hydrogens is 370 g/mol. The molecule has 0 bridgehead atoms. The first-order valence-electron chi connectivity index (χ1n) is 6.50. The first-order valence-corrected chi connectivity index (χ1v) is 9.35. The fraction of sp³-hybridized carbons (Fsp3) is 0.231. The summed E-state index contributed by atoms with van der Waals surface area (Å²) in [6, 6.07) is 3.98. The van der Waals surface area contributed by atoms with Crippen LogP contribution in [0.4, 0.5) is 0 Å². The van der Waals surface area contributed by atoms with Gasteiger partial charge in [-0.05, 0) is 12.8 Å². The Morgan fingerprint density at radius 3 is 2.13 bits per heavy atom. The second-order valence-electron chi connectivity index (χ2n) is 4.85. The lowest BCUT2D eigenvalue weighted by Gasteiger charge is -2.12. The van der Waals surface area contributed by atoms with Gasteiger partial charge in [-0.1, -0.05) is 47.5 Å². The van der Waals surface area contributed by atoms with Crippen molar-refractivity contribution in [1.82, 2.24) is 14.9 Å². The number of carbonyl (C=O) groups is 1. The third kappa shape index (κ3) is 2.42. The van der Waals surface area contributed by atoms with Gasteiger partial charge in [-0.3, -0.25) is 9.69 Å². The van der Waals surface area contributed by atoms with E-state index in [1.54, 1.807) is 4.90 Å². The Morgan fingerprint density at radius 1 is 1.09 bits per heavy atom. The quantitative estimate of drug-likeness (QED) is 0.542. The van der Waals surface area contributed by atoms with Crippen molar-refractivity contribution in [3.63, 3.8) is 0 Å². The van der Waals surface area contributed by atoms with Crippen molar-refractivity contribution in [1.29, 1.82) is 10.5 Å². The monoisotopic (exact) mass is 375 g/mol. The average Bonchev–Trinajstić information content (AvgIpc) is 3.21. The van der Waals surface area contributed by atoms with Crippen molar-refractivity contribution in [2.75, 3.05) is 0 Å². The lowest BCUT2D eigenvalue weighted by Crippen LogP contribution is -2.30. The smallest absolute Gasteiger partial charge is 0.268 e. The number of fused-ring (bicyclic) bond motifs is 1. The van der Waals surface area contributed by atoms with Gasteiger partial charge in [-0.25, -0.2) is 9.97 Å². The second-order valence-corrected chi connectivity index (χ2v) is 8.75. The molecule has 2 fully saturated rings. The Bertz CT molecular complexity index is 848. The summed E-state index contributed by atoms with van der Waals surface area (Å²) in [6.07, 6.45) is 1.99. The molecule has 112 valence electrons. The van der Waals surface area contributed by atoms with E-state index in [1.165, 1.54) is 35.3 Å². The van der Waals surface area contributed by atoms with Crippen molar-refractivity contribution in [2.45, 2.75) is 28.9 Å². The summed E-state index contributed by atoms with van der Waals surface area (Å²) in [5.41, 5.74) is 0.0114. The summed E-state index contributed by atoms with van der Waals surface area (Å²) in [4.78, 5) is 23.2. The average molecular weight is 375 g/mol. The maximum absolute atomic E-state index is 12.6. The molecule has 1 aliphatic carbocycles. The highest BCUT2D eigenvalue weighted by Crippen LogP contribution is 2.54. The van der Waals surface area contributed by atoms with Crippen LogP contribution in [-0.4, -0.2) is 31.1 Å². The molecule has 10 heteroatoms. The molecule has 0 atom stereocenters. The predicted molar refractivity (Wildman–Crippen MR) is 90.3 cm³/mol. The highest BCUT2D eigenvalue weighted by Gasteiger charge is 2.44. The van der Waals surface area contributed by atoms with E-state index in [9.17, 15) is 4.79 Å². The van der Waals surface area contributed by atoms with Crippen molar-refractivity contribution < 1.29 is 4.79 Å². The number of rotatable bonds is 1. The van der Waals surface area contributed by atoms with Crippen LogP contribution in [0.1, 0.15) is 24.2 Å². The first-order chi connectivity index (χ1) is 11.1. The van der Waals surface area contributed by atoms with E-state index in [1.807, 2.05) is 12.1 Å². The summed E-state index contributed by atoms with van der Waals surface area (Å²) in [6.45, 7) is 0. The van der Waals surface area contributed by atoms with Gasteiger partial charge in [0.2, 0.25) is 0 Å². The van der Waals surface area contributed by atoms with E-state index in [2.05, 4.69) is 9.97 Å². The minimum Gasteiger partial charge on any atom is -0.290 e. The molecule has 1 saturated carbocycles. The summed E-state index contributed by atoms with van der Waals surface area (Å²) in [7, 11) is 0. The third-order valence-electron chi connectivity index (χ3n) is 3.32. The Labute approximate surface area is 149 Å². The van der Waals surface area contributed by atoms with Crippen LogP contribution < -0.4 is 0 Å². The number of carbonyl (C=O) groups excluding carboxylic acids is 1. The van der Waals surface area contributed by atoms with Gasteiger partial charge < -0.3 is 0 Å². The van der Waals surface area contributed by atoms with Gasteiger partial charge in [0, 0.05) is 6.04 Å². The third-order valence-corrected chi connectivity index (χ3v) is 7.34. The second kappa shape index (κ2) is 5.49. The van der Waals surface area contributed by atoms with E-state index in [4.69, 9.17) is 22.7 Å². The van der Waals surface area contributed by atoms with Gasteiger partial charge in [0.25, 0.3) is 5.91 Å². The number of nitriles is 2. The highest BCUT2D eigenvalue weighted by atomic mass is 32.2.